The molecule has 1 aromatic carbocycles. The molecule has 1 aromatic rings. The van der Waals surface area contributed by atoms with E-state index in [-0.39, 0.29) is 0 Å². The van der Waals surface area contributed by atoms with Gasteiger partial charge in [0.15, 0.2) is 0 Å². The van der Waals surface area contributed by atoms with Crippen LogP contribution in [0.1, 0.15) is 25.0 Å². The van der Waals surface area contributed by atoms with Crippen molar-refractivity contribution in [2.45, 2.75) is 19.4 Å². The first-order valence-electron chi connectivity index (χ1n) is 4.76. The summed E-state index contributed by atoms with van der Waals surface area (Å²) >= 11 is 0. The molecule has 0 bridgehead atoms. The van der Waals surface area contributed by atoms with Gasteiger partial charge in [-0.25, -0.2) is 0 Å². The third-order valence-corrected chi connectivity index (χ3v) is 1.95. The second-order valence-electron chi connectivity index (χ2n) is 3.14. The van der Waals surface area contributed by atoms with Gasteiger partial charge in [-0.2, -0.15) is 0 Å². The van der Waals surface area contributed by atoms with E-state index in [9.17, 15) is 5.11 Å². The first-order chi connectivity index (χ1) is 6.75. The summed E-state index contributed by atoms with van der Waals surface area (Å²) in [7, 11) is 0. The molecule has 0 amide bonds. The van der Waals surface area contributed by atoms with Gasteiger partial charge in [0.05, 0.1) is 12.7 Å². The summed E-state index contributed by atoms with van der Waals surface area (Å²) in [6.45, 7) is 5.96. The zero-order valence-electron chi connectivity index (χ0n) is 8.44. The van der Waals surface area contributed by atoms with Crippen LogP contribution in [0.3, 0.4) is 0 Å². The summed E-state index contributed by atoms with van der Waals surface area (Å²) in [5.41, 5.74) is 0.830. The van der Waals surface area contributed by atoms with Crippen LogP contribution >= 0.6 is 0 Å². The van der Waals surface area contributed by atoms with Gasteiger partial charge in [-0.05, 0) is 19.4 Å². The molecule has 2 heteroatoms. The van der Waals surface area contributed by atoms with Gasteiger partial charge in [0.2, 0.25) is 0 Å². The molecule has 0 radical (unpaired) electrons. The van der Waals surface area contributed by atoms with Crippen molar-refractivity contribution in [1.29, 1.82) is 0 Å². The Labute approximate surface area is 84.8 Å². The number of hydrogen-bond acceptors (Lipinski definition) is 2. The van der Waals surface area contributed by atoms with Gasteiger partial charge in [-0.1, -0.05) is 24.3 Å². The summed E-state index contributed by atoms with van der Waals surface area (Å²) in [4.78, 5) is 0. The molecule has 76 valence electrons. The molecule has 0 saturated carbocycles. The number of aliphatic hydroxyl groups is 1. The number of ether oxygens (including phenoxy) is 1. The van der Waals surface area contributed by atoms with Crippen molar-refractivity contribution in [2.75, 3.05) is 6.61 Å². The van der Waals surface area contributed by atoms with Crippen LogP contribution < -0.4 is 4.74 Å². The lowest BCUT2D eigenvalue weighted by Crippen LogP contribution is -2.01. The largest absolute Gasteiger partial charge is 0.493 e. The van der Waals surface area contributed by atoms with Crippen molar-refractivity contribution in [3.05, 3.63) is 42.5 Å². The predicted molar refractivity (Wildman–Crippen MR) is 57.4 cm³/mol. The van der Waals surface area contributed by atoms with Crippen LogP contribution in [0.5, 0.6) is 5.75 Å². The van der Waals surface area contributed by atoms with Crippen LogP contribution in [0.2, 0.25) is 0 Å². The zero-order chi connectivity index (χ0) is 10.4. The SMILES string of the molecule is C=CCCOc1ccccc1[C@@H](C)O. The van der Waals surface area contributed by atoms with Gasteiger partial charge in [0, 0.05) is 5.56 Å². The quantitative estimate of drug-likeness (QED) is 0.574. The van der Waals surface area contributed by atoms with E-state index in [0.717, 1.165) is 17.7 Å². The van der Waals surface area contributed by atoms with E-state index < -0.39 is 6.10 Å². The first-order valence-corrected chi connectivity index (χ1v) is 4.76. The Hall–Kier alpha value is -1.28. The summed E-state index contributed by atoms with van der Waals surface area (Å²) in [6, 6.07) is 7.52. The Balaban J connectivity index is 2.69. The molecule has 1 rings (SSSR count). The normalized spacial score (nSPS) is 12.1. The fourth-order valence-electron chi connectivity index (χ4n) is 1.21. The number of benzene rings is 1. The van der Waals surface area contributed by atoms with Crippen molar-refractivity contribution >= 4 is 0 Å². The van der Waals surface area contributed by atoms with Crippen LogP contribution in [0, 0.1) is 0 Å². The van der Waals surface area contributed by atoms with Crippen molar-refractivity contribution in [3.8, 4) is 5.75 Å². The van der Waals surface area contributed by atoms with Gasteiger partial charge in [0.1, 0.15) is 5.75 Å². The summed E-state index contributed by atoms with van der Waals surface area (Å²) < 4.78 is 5.51. The molecule has 0 saturated heterocycles. The van der Waals surface area contributed by atoms with Crippen molar-refractivity contribution < 1.29 is 9.84 Å². The van der Waals surface area contributed by atoms with E-state index in [1.54, 1.807) is 6.92 Å². The van der Waals surface area contributed by atoms with Gasteiger partial charge in [-0.15, -0.1) is 6.58 Å². The zero-order valence-corrected chi connectivity index (χ0v) is 8.44. The predicted octanol–water partition coefficient (Wildman–Crippen LogP) is 2.69. The minimum atomic E-state index is -0.491. The molecule has 1 N–H and O–H groups in total. The third kappa shape index (κ3) is 2.89. The molecule has 1 atom stereocenters. The minimum Gasteiger partial charge on any atom is -0.493 e. The fourth-order valence-corrected chi connectivity index (χ4v) is 1.21. The molecule has 0 aliphatic heterocycles. The number of rotatable bonds is 5. The highest BCUT2D eigenvalue weighted by Gasteiger charge is 2.06. The van der Waals surface area contributed by atoms with Crippen LogP contribution in [0.15, 0.2) is 36.9 Å². The van der Waals surface area contributed by atoms with Crippen molar-refractivity contribution in [2.24, 2.45) is 0 Å². The third-order valence-electron chi connectivity index (χ3n) is 1.95. The number of hydrogen-bond donors (Lipinski definition) is 1. The fraction of sp³-hybridized carbons (Fsp3) is 0.333. The van der Waals surface area contributed by atoms with Gasteiger partial charge < -0.3 is 9.84 Å². The lowest BCUT2D eigenvalue weighted by Gasteiger charge is -2.12. The van der Waals surface area contributed by atoms with Crippen LogP contribution in [0.25, 0.3) is 0 Å². The molecule has 14 heavy (non-hydrogen) atoms. The van der Waals surface area contributed by atoms with Gasteiger partial charge in [0.25, 0.3) is 0 Å². The maximum atomic E-state index is 9.46. The number of aliphatic hydroxyl groups excluding tert-OH is 1. The average molecular weight is 192 g/mol. The highest BCUT2D eigenvalue weighted by Crippen LogP contribution is 2.24. The van der Waals surface area contributed by atoms with Crippen LogP contribution in [-0.2, 0) is 0 Å². The Bertz CT molecular complexity index is 292. The molecule has 0 heterocycles. The monoisotopic (exact) mass is 192 g/mol. The molecular formula is C12H16O2. The minimum absolute atomic E-state index is 0.491. The molecule has 0 unspecified atom stereocenters. The summed E-state index contributed by atoms with van der Waals surface area (Å²) in [5, 5.41) is 9.46. The second kappa shape index (κ2) is 5.45. The Kier molecular flexibility index (Phi) is 4.20. The summed E-state index contributed by atoms with van der Waals surface area (Å²) in [6.07, 6.45) is 2.13. The molecule has 0 spiro atoms. The summed E-state index contributed by atoms with van der Waals surface area (Å²) in [5.74, 6) is 0.754. The van der Waals surface area contributed by atoms with E-state index in [1.165, 1.54) is 0 Å². The molecule has 2 nitrogen and oxygen atoms in total. The Morgan fingerprint density at radius 2 is 2.21 bits per heavy atom. The maximum absolute atomic E-state index is 9.46. The van der Waals surface area contributed by atoms with Crippen molar-refractivity contribution in [1.82, 2.24) is 0 Å². The Morgan fingerprint density at radius 3 is 2.86 bits per heavy atom. The standard InChI is InChI=1S/C12H16O2/c1-3-4-9-14-12-8-6-5-7-11(12)10(2)13/h3,5-8,10,13H,1,4,9H2,2H3/t10-/m1/s1. The van der Waals surface area contributed by atoms with Gasteiger partial charge >= 0.3 is 0 Å². The van der Waals surface area contributed by atoms with E-state index in [0.29, 0.717) is 6.61 Å². The smallest absolute Gasteiger partial charge is 0.125 e. The average Bonchev–Trinajstić information content (AvgIpc) is 2.19. The molecule has 0 aliphatic carbocycles. The molecule has 0 aromatic heterocycles. The highest BCUT2D eigenvalue weighted by atomic mass is 16.5. The maximum Gasteiger partial charge on any atom is 0.125 e. The van der Waals surface area contributed by atoms with Crippen molar-refractivity contribution in [3.63, 3.8) is 0 Å². The van der Waals surface area contributed by atoms with Crippen LogP contribution in [-0.4, -0.2) is 11.7 Å². The Morgan fingerprint density at radius 1 is 1.50 bits per heavy atom. The van der Waals surface area contributed by atoms with Crippen LogP contribution in [0.4, 0.5) is 0 Å². The van der Waals surface area contributed by atoms with E-state index in [2.05, 4.69) is 6.58 Å². The lowest BCUT2D eigenvalue weighted by molar-refractivity contribution is 0.191. The number of para-hydroxylation sites is 1. The van der Waals surface area contributed by atoms with E-state index in [1.807, 2.05) is 30.3 Å². The van der Waals surface area contributed by atoms with Gasteiger partial charge in [-0.3, -0.25) is 0 Å². The highest BCUT2D eigenvalue weighted by molar-refractivity contribution is 5.34. The molecule has 0 fully saturated rings. The molecule has 0 aliphatic rings. The molecular weight excluding hydrogens is 176 g/mol. The van der Waals surface area contributed by atoms with E-state index >= 15 is 0 Å². The first kappa shape index (κ1) is 10.8. The second-order valence-corrected chi connectivity index (χ2v) is 3.14. The lowest BCUT2D eigenvalue weighted by atomic mass is 10.1. The topological polar surface area (TPSA) is 29.5 Å². The van der Waals surface area contributed by atoms with E-state index in [4.69, 9.17) is 4.74 Å².